The van der Waals surface area contributed by atoms with Crippen LogP contribution in [0.3, 0.4) is 0 Å². The molecule has 0 amide bonds. The van der Waals surface area contributed by atoms with Crippen LogP contribution in [-0.2, 0) is 11.0 Å². The number of aromatic carboxylic acids is 1. The second-order valence-corrected chi connectivity index (χ2v) is 5.30. The molecule has 6 nitrogen and oxygen atoms in total. The average Bonchev–Trinajstić information content (AvgIpc) is 2.54. The third-order valence-electron chi connectivity index (χ3n) is 3.02. The summed E-state index contributed by atoms with van der Waals surface area (Å²) in [5.41, 5.74) is -1.34. The van der Waals surface area contributed by atoms with Crippen LogP contribution in [0.4, 0.5) is 13.2 Å². The number of benzene rings is 2. The van der Waals surface area contributed by atoms with Gasteiger partial charge in [0.2, 0.25) is 0 Å². The Morgan fingerprint density at radius 1 is 1.04 bits per heavy atom. The van der Waals surface area contributed by atoms with E-state index in [-0.39, 0.29) is 27.8 Å². The van der Waals surface area contributed by atoms with E-state index in [1.165, 1.54) is 12.1 Å². The van der Waals surface area contributed by atoms with Crippen LogP contribution < -0.4 is 9.47 Å². The Hall–Kier alpha value is -2.94. The van der Waals surface area contributed by atoms with Crippen molar-refractivity contribution in [3.8, 4) is 17.2 Å². The van der Waals surface area contributed by atoms with E-state index in [1.807, 2.05) is 0 Å². The standard InChI is InChI=1S/C16H10ClF3O6/c17-11-5-8(16(18,19)20)1-3-13(11)26-9-2-4-12(25-7-14(21)22)10(6-9)15(23)24/h1-6H,7H2,(H,21,22)(H,23,24). The number of alkyl halides is 3. The van der Waals surface area contributed by atoms with Crippen LogP contribution in [0, 0.1) is 0 Å². The lowest BCUT2D eigenvalue weighted by Crippen LogP contribution is -2.12. The van der Waals surface area contributed by atoms with Crippen molar-refractivity contribution in [3.63, 3.8) is 0 Å². The van der Waals surface area contributed by atoms with Gasteiger partial charge < -0.3 is 19.7 Å². The SMILES string of the molecule is O=C(O)COc1ccc(Oc2ccc(C(F)(F)F)cc2Cl)cc1C(=O)O. The minimum atomic E-state index is -4.57. The lowest BCUT2D eigenvalue weighted by Gasteiger charge is -2.13. The number of hydrogen-bond donors (Lipinski definition) is 2. The highest BCUT2D eigenvalue weighted by molar-refractivity contribution is 6.32. The Labute approximate surface area is 149 Å². The monoisotopic (exact) mass is 390 g/mol. The zero-order valence-corrected chi connectivity index (χ0v) is 13.5. The van der Waals surface area contributed by atoms with Gasteiger partial charge in [-0.15, -0.1) is 0 Å². The van der Waals surface area contributed by atoms with Crippen molar-refractivity contribution in [1.29, 1.82) is 0 Å². The largest absolute Gasteiger partial charge is 0.481 e. The van der Waals surface area contributed by atoms with Crippen LogP contribution in [-0.4, -0.2) is 28.8 Å². The summed E-state index contributed by atoms with van der Waals surface area (Å²) in [6.45, 7) is -0.745. The number of ether oxygens (including phenoxy) is 2. The van der Waals surface area contributed by atoms with Gasteiger partial charge in [-0.25, -0.2) is 9.59 Å². The van der Waals surface area contributed by atoms with E-state index in [4.69, 9.17) is 31.3 Å². The fourth-order valence-corrected chi connectivity index (χ4v) is 2.11. The molecule has 0 atom stereocenters. The van der Waals surface area contributed by atoms with Crippen molar-refractivity contribution in [1.82, 2.24) is 0 Å². The Balaban J connectivity index is 2.28. The van der Waals surface area contributed by atoms with Crippen molar-refractivity contribution in [2.45, 2.75) is 6.18 Å². The molecule has 0 bridgehead atoms. The summed E-state index contributed by atoms with van der Waals surface area (Å²) in [7, 11) is 0. The van der Waals surface area contributed by atoms with Crippen LogP contribution in [0.2, 0.25) is 5.02 Å². The van der Waals surface area contributed by atoms with E-state index >= 15 is 0 Å². The van der Waals surface area contributed by atoms with Crippen molar-refractivity contribution < 1.29 is 42.4 Å². The van der Waals surface area contributed by atoms with Crippen LogP contribution >= 0.6 is 11.6 Å². The molecule has 2 aromatic carbocycles. The fraction of sp³-hybridized carbons (Fsp3) is 0.125. The van der Waals surface area contributed by atoms with Crippen LogP contribution in [0.5, 0.6) is 17.2 Å². The summed E-state index contributed by atoms with van der Waals surface area (Å²) in [5, 5.41) is 17.4. The molecule has 2 aromatic rings. The second-order valence-electron chi connectivity index (χ2n) is 4.89. The lowest BCUT2D eigenvalue weighted by molar-refractivity contribution is -0.139. The van der Waals surface area contributed by atoms with Gasteiger partial charge in [-0.05, 0) is 36.4 Å². The van der Waals surface area contributed by atoms with Crippen LogP contribution in [0.25, 0.3) is 0 Å². The van der Waals surface area contributed by atoms with Gasteiger partial charge >= 0.3 is 18.1 Å². The number of rotatable bonds is 6. The van der Waals surface area contributed by atoms with Gasteiger partial charge in [0.05, 0.1) is 10.6 Å². The van der Waals surface area contributed by atoms with Gasteiger partial charge in [0, 0.05) is 0 Å². The van der Waals surface area contributed by atoms with E-state index in [1.54, 1.807) is 0 Å². The van der Waals surface area contributed by atoms with Crippen molar-refractivity contribution >= 4 is 23.5 Å². The molecule has 0 spiro atoms. The first-order valence-electron chi connectivity index (χ1n) is 6.84. The topological polar surface area (TPSA) is 93.1 Å². The third-order valence-corrected chi connectivity index (χ3v) is 3.31. The third kappa shape index (κ3) is 4.79. The summed E-state index contributed by atoms with van der Waals surface area (Å²) in [4.78, 5) is 21.8. The quantitative estimate of drug-likeness (QED) is 0.763. The fourth-order valence-electron chi connectivity index (χ4n) is 1.89. The lowest BCUT2D eigenvalue weighted by atomic mass is 10.2. The smallest absolute Gasteiger partial charge is 0.416 e. The molecule has 0 aliphatic heterocycles. The second kappa shape index (κ2) is 7.52. The van der Waals surface area contributed by atoms with Gasteiger partial charge in [-0.2, -0.15) is 13.2 Å². The molecule has 0 fully saturated rings. The Morgan fingerprint density at radius 2 is 1.69 bits per heavy atom. The van der Waals surface area contributed by atoms with Crippen molar-refractivity contribution in [2.75, 3.05) is 6.61 Å². The number of halogens is 4. The van der Waals surface area contributed by atoms with Crippen LogP contribution in [0.1, 0.15) is 15.9 Å². The van der Waals surface area contributed by atoms with E-state index in [0.717, 1.165) is 18.2 Å². The maximum absolute atomic E-state index is 12.6. The molecule has 26 heavy (non-hydrogen) atoms. The number of carboxylic acids is 2. The number of carboxylic acid groups (broad SMARTS) is 2. The van der Waals surface area contributed by atoms with E-state index < -0.39 is 30.3 Å². The zero-order valence-electron chi connectivity index (χ0n) is 12.7. The van der Waals surface area contributed by atoms with E-state index in [0.29, 0.717) is 6.07 Å². The first-order valence-corrected chi connectivity index (χ1v) is 7.22. The van der Waals surface area contributed by atoms with E-state index in [2.05, 4.69) is 0 Å². The molecule has 10 heteroatoms. The number of aliphatic carboxylic acids is 1. The molecule has 2 rings (SSSR count). The summed E-state index contributed by atoms with van der Waals surface area (Å²) in [5.74, 6) is -3.06. The summed E-state index contributed by atoms with van der Waals surface area (Å²) in [6.07, 6.45) is -4.57. The summed E-state index contributed by atoms with van der Waals surface area (Å²) in [6, 6.07) is 5.91. The zero-order chi connectivity index (χ0) is 19.5. The molecule has 0 heterocycles. The van der Waals surface area contributed by atoms with Gasteiger partial charge in [0.15, 0.2) is 6.61 Å². The minimum Gasteiger partial charge on any atom is -0.481 e. The number of carbonyl (C=O) groups is 2. The Kier molecular flexibility index (Phi) is 5.61. The molecule has 0 aliphatic carbocycles. The molecule has 0 aliphatic rings. The van der Waals surface area contributed by atoms with Gasteiger partial charge in [-0.1, -0.05) is 11.6 Å². The number of hydrogen-bond acceptors (Lipinski definition) is 4. The van der Waals surface area contributed by atoms with Gasteiger partial charge in [-0.3, -0.25) is 0 Å². The maximum atomic E-state index is 12.6. The molecule has 0 unspecified atom stereocenters. The first-order chi connectivity index (χ1) is 12.1. The predicted octanol–water partition coefficient (Wildman–Crippen LogP) is 4.31. The van der Waals surface area contributed by atoms with Crippen LogP contribution in [0.15, 0.2) is 36.4 Å². The molecular formula is C16H10ClF3O6. The predicted molar refractivity (Wildman–Crippen MR) is 83.1 cm³/mol. The minimum absolute atomic E-state index is 0.0354. The van der Waals surface area contributed by atoms with E-state index in [9.17, 15) is 22.8 Å². The molecule has 0 aromatic heterocycles. The Morgan fingerprint density at radius 3 is 2.23 bits per heavy atom. The average molecular weight is 391 g/mol. The molecule has 2 N–H and O–H groups in total. The summed E-state index contributed by atoms with van der Waals surface area (Å²) >= 11 is 5.77. The molecule has 138 valence electrons. The maximum Gasteiger partial charge on any atom is 0.416 e. The molecule has 0 saturated carbocycles. The normalized spacial score (nSPS) is 11.1. The molecular weight excluding hydrogens is 381 g/mol. The van der Waals surface area contributed by atoms with Crippen molar-refractivity contribution in [2.24, 2.45) is 0 Å². The van der Waals surface area contributed by atoms with Gasteiger partial charge in [0.25, 0.3) is 0 Å². The summed E-state index contributed by atoms with van der Waals surface area (Å²) < 4.78 is 48.0. The highest BCUT2D eigenvalue weighted by atomic mass is 35.5. The highest BCUT2D eigenvalue weighted by Crippen LogP contribution is 2.37. The van der Waals surface area contributed by atoms with Gasteiger partial charge in [0.1, 0.15) is 22.8 Å². The van der Waals surface area contributed by atoms with Crippen molar-refractivity contribution in [3.05, 3.63) is 52.5 Å². The molecule has 0 saturated heterocycles. The Bertz CT molecular complexity index is 850. The molecule has 0 radical (unpaired) electrons. The first kappa shape index (κ1) is 19.4. The highest BCUT2D eigenvalue weighted by Gasteiger charge is 2.31.